The van der Waals surface area contributed by atoms with Crippen molar-refractivity contribution in [3.63, 3.8) is 0 Å². The van der Waals surface area contributed by atoms with Crippen LogP contribution < -0.4 is 5.49 Å². The van der Waals surface area contributed by atoms with Crippen LogP contribution in [0.5, 0.6) is 0 Å². The molecule has 2 heterocycles. The Balaban J connectivity index is 1.69. The quantitative estimate of drug-likeness (QED) is 0.568. The summed E-state index contributed by atoms with van der Waals surface area (Å²) in [6.45, 7) is 2.62. The van der Waals surface area contributed by atoms with Crippen molar-refractivity contribution in [3.05, 3.63) is 96.2 Å². The number of aromatic nitrogens is 4. The first kappa shape index (κ1) is 16.0. The summed E-state index contributed by atoms with van der Waals surface area (Å²) in [5.41, 5.74) is 5.05. The molecule has 0 spiro atoms. The normalized spacial score (nSPS) is 12.7. The second-order valence-electron chi connectivity index (χ2n) is 6.05. The maximum atomic E-state index is 4.68. The molecule has 0 amide bonds. The van der Waals surface area contributed by atoms with Crippen LogP contribution in [0.25, 0.3) is 16.6 Å². The van der Waals surface area contributed by atoms with Crippen LogP contribution >= 0.6 is 0 Å². The van der Waals surface area contributed by atoms with E-state index in [1.807, 2.05) is 77.7 Å². The summed E-state index contributed by atoms with van der Waals surface area (Å²) in [5, 5.41) is 8.48. The number of hydrogen-bond acceptors (Lipinski definition) is 3. The van der Waals surface area contributed by atoms with E-state index in [9.17, 15) is 0 Å². The Hall–Kier alpha value is -3.47. The number of allylic oxidation sites excluding steroid dienone is 1. The molecule has 2 aromatic heterocycles. The lowest BCUT2D eigenvalue weighted by molar-refractivity contribution is 0.527. The van der Waals surface area contributed by atoms with Crippen LogP contribution in [-0.4, -0.2) is 19.6 Å². The van der Waals surface area contributed by atoms with Gasteiger partial charge in [-0.2, -0.15) is 0 Å². The van der Waals surface area contributed by atoms with Gasteiger partial charge in [-0.15, -0.1) is 5.10 Å². The lowest BCUT2D eigenvalue weighted by atomic mass is 10.1. The van der Waals surface area contributed by atoms with Crippen LogP contribution in [0.1, 0.15) is 12.5 Å². The van der Waals surface area contributed by atoms with Crippen molar-refractivity contribution >= 4 is 16.6 Å². The van der Waals surface area contributed by atoms with Crippen molar-refractivity contribution in [1.29, 1.82) is 0 Å². The molecular formula is C21H19N5. The first-order valence-electron chi connectivity index (χ1n) is 8.51. The topological polar surface area (TPSA) is 48.0 Å². The molecule has 0 unspecified atom stereocenters. The highest BCUT2D eigenvalue weighted by atomic mass is 15.5. The molecule has 0 saturated carbocycles. The van der Waals surface area contributed by atoms with E-state index in [0.29, 0.717) is 6.67 Å². The van der Waals surface area contributed by atoms with Crippen molar-refractivity contribution in [2.24, 2.45) is 4.99 Å². The maximum Gasteiger partial charge on any atom is 0.133 e. The summed E-state index contributed by atoms with van der Waals surface area (Å²) in [7, 11) is 0. The Morgan fingerprint density at radius 2 is 1.73 bits per heavy atom. The van der Waals surface area contributed by atoms with Crippen LogP contribution in [0.2, 0.25) is 0 Å². The summed E-state index contributed by atoms with van der Waals surface area (Å²) >= 11 is 0. The van der Waals surface area contributed by atoms with Gasteiger partial charge in [0, 0.05) is 12.4 Å². The number of nitrogens with zero attached hydrogens (tertiary/aromatic N) is 5. The van der Waals surface area contributed by atoms with Gasteiger partial charge in [-0.25, -0.2) is 9.67 Å². The predicted molar refractivity (Wildman–Crippen MR) is 103 cm³/mol. The smallest absolute Gasteiger partial charge is 0.133 e. The van der Waals surface area contributed by atoms with Gasteiger partial charge in [0.2, 0.25) is 0 Å². The first-order valence-corrected chi connectivity index (χ1v) is 8.51. The third-order valence-electron chi connectivity index (χ3n) is 4.24. The molecule has 5 heteroatoms. The molecule has 26 heavy (non-hydrogen) atoms. The fraction of sp³-hybridized carbons (Fsp3) is 0.0952. The van der Waals surface area contributed by atoms with Crippen LogP contribution in [0.3, 0.4) is 0 Å². The van der Waals surface area contributed by atoms with Gasteiger partial charge < -0.3 is 4.57 Å². The zero-order valence-corrected chi connectivity index (χ0v) is 14.5. The Morgan fingerprint density at radius 3 is 2.62 bits per heavy atom. The average molecular weight is 341 g/mol. The van der Waals surface area contributed by atoms with Gasteiger partial charge in [-0.05, 0) is 42.3 Å². The monoisotopic (exact) mass is 341 g/mol. The molecule has 0 radical (unpaired) electrons. The van der Waals surface area contributed by atoms with Crippen LogP contribution in [0.4, 0.5) is 0 Å². The van der Waals surface area contributed by atoms with E-state index in [0.717, 1.165) is 22.1 Å². The predicted octanol–water partition coefficient (Wildman–Crippen LogP) is 3.70. The van der Waals surface area contributed by atoms with Crippen molar-refractivity contribution in [2.75, 3.05) is 0 Å². The molecule has 2 aromatic carbocycles. The van der Waals surface area contributed by atoms with Gasteiger partial charge in [0.05, 0.1) is 5.52 Å². The third kappa shape index (κ3) is 3.32. The summed E-state index contributed by atoms with van der Waals surface area (Å²) in [5.74, 6) is 0. The van der Waals surface area contributed by atoms with E-state index in [4.69, 9.17) is 0 Å². The number of hydrogen-bond donors (Lipinski definition) is 0. The number of para-hydroxylation sites is 1. The highest BCUT2D eigenvalue weighted by Gasteiger charge is 2.03. The van der Waals surface area contributed by atoms with Crippen molar-refractivity contribution < 1.29 is 0 Å². The van der Waals surface area contributed by atoms with Gasteiger partial charge >= 0.3 is 0 Å². The largest absolute Gasteiger partial charge is 0.313 e. The molecule has 0 atom stereocenters. The van der Waals surface area contributed by atoms with Crippen molar-refractivity contribution in [2.45, 2.75) is 13.6 Å². The molecule has 0 saturated heterocycles. The highest BCUT2D eigenvalue weighted by molar-refractivity contribution is 5.73. The lowest BCUT2D eigenvalue weighted by Crippen LogP contribution is -2.23. The summed E-state index contributed by atoms with van der Waals surface area (Å²) in [6.07, 6.45) is 3.90. The highest BCUT2D eigenvalue weighted by Crippen LogP contribution is 2.12. The van der Waals surface area contributed by atoms with E-state index in [1.165, 1.54) is 5.56 Å². The SMILES string of the molecule is C/C(=C\N=c1ccccn1Cn1nnc2ccccc21)c1ccccc1. The molecule has 0 aliphatic heterocycles. The van der Waals surface area contributed by atoms with Gasteiger partial charge in [0.15, 0.2) is 0 Å². The Morgan fingerprint density at radius 1 is 0.962 bits per heavy atom. The van der Waals surface area contributed by atoms with E-state index in [1.54, 1.807) is 0 Å². The fourth-order valence-electron chi connectivity index (χ4n) is 2.81. The van der Waals surface area contributed by atoms with Crippen LogP contribution in [-0.2, 0) is 6.67 Å². The number of pyridine rings is 1. The summed E-state index contributed by atoms with van der Waals surface area (Å²) < 4.78 is 3.93. The van der Waals surface area contributed by atoms with E-state index >= 15 is 0 Å². The van der Waals surface area contributed by atoms with Gasteiger partial charge in [0.1, 0.15) is 17.7 Å². The van der Waals surface area contributed by atoms with Gasteiger partial charge in [-0.1, -0.05) is 53.7 Å². The number of fused-ring (bicyclic) bond motifs is 1. The third-order valence-corrected chi connectivity index (χ3v) is 4.24. The molecule has 0 fully saturated rings. The molecule has 0 bridgehead atoms. The van der Waals surface area contributed by atoms with E-state index in [2.05, 4.69) is 38.9 Å². The molecule has 5 nitrogen and oxygen atoms in total. The summed E-state index contributed by atoms with van der Waals surface area (Å²) in [4.78, 5) is 4.68. The molecule has 0 N–H and O–H groups in total. The maximum absolute atomic E-state index is 4.68. The van der Waals surface area contributed by atoms with Crippen LogP contribution in [0, 0.1) is 0 Å². The molecule has 4 aromatic rings. The molecule has 0 aliphatic carbocycles. The van der Waals surface area contributed by atoms with Gasteiger partial charge in [0.25, 0.3) is 0 Å². The minimum Gasteiger partial charge on any atom is -0.313 e. The van der Waals surface area contributed by atoms with Crippen LogP contribution in [0.15, 0.2) is 90.2 Å². The molecule has 128 valence electrons. The minimum absolute atomic E-state index is 0.554. The number of rotatable bonds is 4. The second kappa shape index (κ2) is 7.19. The Kier molecular flexibility index (Phi) is 4.43. The Bertz CT molecular complexity index is 1120. The Labute approximate surface area is 151 Å². The summed E-state index contributed by atoms with van der Waals surface area (Å²) in [6, 6.07) is 24.2. The average Bonchev–Trinajstić information content (AvgIpc) is 3.11. The first-order chi connectivity index (χ1) is 12.8. The zero-order chi connectivity index (χ0) is 17.8. The molecular weight excluding hydrogens is 322 g/mol. The van der Waals surface area contributed by atoms with E-state index in [-0.39, 0.29) is 0 Å². The van der Waals surface area contributed by atoms with Crippen molar-refractivity contribution in [1.82, 2.24) is 19.6 Å². The van der Waals surface area contributed by atoms with Gasteiger partial charge in [-0.3, -0.25) is 0 Å². The molecule has 0 aliphatic rings. The molecule has 4 rings (SSSR count). The lowest BCUT2D eigenvalue weighted by Gasteiger charge is -2.07. The van der Waals surface area contributed by atoms with Crippen molar-refractivity contribution in [3.8, 4) is 0 Å². The minimum atomic E-state index is 0.554. The fourth-order valence-corrected chi connectivity index (χ4v) is 2.81. The van der Waals surface area contributed by atoms with E-state index < -0.39 is 0 Å². The zero-order valence-electron chi connectivity index (χ0n) is 14.5. The number of benzene rings is 2. The second-order valence-corrected chi connectivity index (χ2v) is 6.05. The standard InChI is InChI=1S/C21H19N5/c1-17(18-9-3-2-4-10-18)15-22-21-13-7-8-14-25(21)16-26-20-12-6-5-11-19(20)23-24-26/h2-15H,16H2,1H3/b17-15+,22-21?.